The van der Waals surface area contributed by atoms with Crippen LogP contribution in [0.4, 0.5) is 22.7 Å². The van der Waals surface area contributed by atoms with E-state index in [1.807, 2.05) is 24.3 Å². The van der Waals surface area contributed by atoms with Gasteiger partial charge in [-0.1, -0.05) is 182 Å². The molecule has 57 heavy (non-hydrogen) atoms. The Morgan fingerprint density at radius 3 is 2.05 bits per heavy atom. The SMILES string of the molecule is NC(/C=C(\NCc1ccccc1)c1ccc(-c2ccc(C3Nc4c(c5c(c6ccccc46)NCC=C5)N3c3cccc4ccccc34)cc2)cc1)c1ccccc1. The third-order valence-corrected chi connectivity index (χ3v) is 11.3. The smallest absolute Gasteiger partial charge is 0.130 e. The number of anilines is 4. The van der Waals surface area contributed by atoms with Crippen LogP contribution in [0.5, 0.6) is 0 Å². The lowest BCUT2D eigenvalue weighted by atomic mass is 9.96. The highest BCUT2D eigenvalue weighted by atomic mass is 15.3. The molecule has 0 saturated carbocycles. The minimum atomic E-state index is -0.240. The fourth-order valence-electron chi connectivity index (χ4n) is 8.47. The van der Waals surface area contributed by atoms with E-state index in [4.69, 9.17) is 5.73 Å². The molecule has 0 spiro atoms. The van der Waals surface area contributed by atoms with Gasteiger partial charge in [0.1, 0.15) is 6.17 Å². The predicted octanol–water partition coefficient (Wildman–Crippen LogP) is 12.2. The van der Waals surface area contributed by atoms with Crippen LogP contribution in [0.1, 0.15) is 40.0 Å². The zero-order valence-corrected chi connectivity index (χ0v) is 31.6. The molecule has 5 heteroatoms. The fourth-order valence-corrected chi connectivity index (χ4v) is 8.47. The molecule has 0 radical (unpaired) electrons. The van der Waals surface area contributed by atoms with Crippen molar-refractivity contribution in [3.8, 4) is 11.1 Å². The van der Waals surface area contributed by atoms with E-state index in [-0.39, 0.29) is 12.2 Å². The molecule has 0 saturated heterocycles. The van der Waals surface area contributed by atoms with Gasteiger partial charge in [0.25, 0.3) is 0 Å². The van der Waals surface area contributed by atoms with Gasteiger partial charge in [-0.2, -0.15) is 0 Å². The molecule has 0 aliphatic carbocycles. The van der Waals surface area contributed by atoms with Crippen LogP contribution in [0, 0.1) is 0 Å². The van der Waals surface area contributed by atoms with E-state index in [0.29, 0.717) is 6.54 Å². The molecule has 2 heterocycles. The van der Waals surface area contributed by atoms with Crippen LogP contribution in [0.3, 0.4) is 0 Å². The molecule has 276 valence electrons. The average molecular weight is 738 g/mol. The summed E-state index contributed by atoms with van der Waals surface area (Å²) in [5.41, 5.74) is 20.6. The summed E-state index contributed by atoms with van der Waals surface area (Å²) in [5.74, 6) is 0. The molecular weight excluding hydrogens is 695 g/mol. The summed E-state index contributed by atoms with van der Waals surface area (Å²) in [6, 6.07) is 62.4. The van der Waals surface area contributed by atoms with Gasteiger partial charge >= 0.3 is 0 Å². The van der Waals surface area contributed by atoms with Gasteiger partial charge in [0.05, 0.1) is 28.8 Å². The van der Waals surface area contributed by atoms with Crippen LogP contribution in [0.2, 0.25) is 0 Å². The number of nitrogens with one attached hydrogen (secondary N) is 3. The first-order valence-electron chi connectivity index (χ1n) is 19.7. The molecule has 0 amide bonds. The second kappa shape index (κ2) is 14.9. The molecule has 0 fully saturated rings. The number of nitrogens with zero attached hydrogens (tertiary/aromatic N) is 1. The fraction of sp³-hybridized carbons (Fsp3) is 0.0769. The largest absolute Gasteiger partial charge is 0.381 e. The number of rotatable bonds is 9. The van der Waals surface area contributed by atoms with Crippen molar-refractivity contribution in [1.82, 2.24) is 5.32 Å². The molecular formula is C52H43N5. The van der Waals surface area contributed by atoms with Gasteiger partial charge in [-0.05, 0) is 50.9 Å². The Labute approximate surface area is 333 Å². The number of hydrogen-bond donors (Lipinski definition) is 4. The Hall–Kier alpha value is -7.08. The lowest BCUT2D eigenvalue weighted by molar-refractivity contribution is 0.831. The highest BCUT2D eigenvalue weighted by Crippen LogP contribution is 2.55. The van der Waals surface area contributed by atoms with Crippen LogP contribution in [-0.2, 0) is 6.54 Å². The summed E-state index contributed by atoms with van der Waals surface area (Å²) >= 11 is 0. The molecule has 10 rings (SSSR count). The molecule has 5 nitrogen and oxygen atoms in total. The van der Waals surface area contributed by atoms with Gasteiger partial charge < -0.3 is 26.6 Å². The maximum atomic E-state index is 6.72. The van der Waals surface area contributed by atoms with Crippen LogP contribution in [0.15, 0.2) is 188 Å². The molecule has 0 aromatic heterocycles. The summed E-state index contributed by atoms with van der Waals surface area (Å²) < 4.78 is 0. The molecule has 2 aliphatic rings. The minimum Gasteiger partial charge on any atom is -0.381 e. The maximum Gasteiger partial charge on any atom is 0.130 e. The molecule has 0 bridgehead atoms. The lowest BCUT2D eigenvalue weighted by Crippen LogP contribution is -2.24. The normalized spacial score (nSPS) is 15.1. The van der Waals surface area contributed by atoms with Gasteiger partial charge in [0.15, 0.2) is 0 Å². The number of fused-ring (bicyclic) bond motifs is 7. The van der Waals surface area contributed by atoms with Crippen LogP contribution < -0.4 is 26.6 Å². The highest BCUT2D eigenvalue weighted by molar-refractivity contribution is 6.15. The molecule has 5 N–H and O–H groups in total. The highest BCUT2D eigenvalue weighted by Gasteiger charge is 2.37. The molecule has 8 aromatic carbocycles. The molecule has 2 atom stereocenters. The summed E-state index contributed by atoms with van der Waals surface area (Å²) in [6.45, 7) is 1.52. The molecule has 8 aromatic rings. The van der Waals surface area contributed by atoms with E-state index in [1.54, 1.807) is 0 Å². The zero-order valence-electron chi connectivity index (χ0n) is 31.6. The van der Waals surface area contributed by atoms with E-state index < -0.39 is 0 Å². The Morgan fingerprint density at radius 1 is 0.667 bits per heavy atom. The van der Waals surface area contributed by atoms with Gasteiger partial charge in [0.2, 0.25) is 0 Å². The number of hydrogen-bond acceptors (Lipinski definition) is 5. The van der Waals surface area contributed by atoms with Crippen LogP contribution >= 0.6 is 0 Å². The van der Waals surface area contributed by atoms with Crippen molar-refractivity contribution in [2.75, 3.05) is 22.1 Å². The van der Waals surface area contributed by atoms with Gasteiger partial charge in [-0.15, -0.1) is 0 Å². The van der Waals surface area contributed by atoms with Crippen molar-refractivity contribution < 1.29 is 0 Å². The van der Waals surface area contributed by atoms with Crippen molar-refractivity contribution in [3.05, 3.63) is 216 Å². The van der Waals surface area contributed by atoms with Crippen LogP contribution in [0.25, 0.3) is 44.4 Å². The first kappa shape index (κ1) is 34.4. The summed E-state index contributed by atoms with van der Waals surface area (Å²) in [4.78, 5) is 2.51. The van der Waals surface area contributed by atoms with Gasteiger partial charge in [-0.25, -0.2) is 0 Å². The topological polar surface area (TPSA) is 65.3 Å². The second-order valence-corrected chi connectivity index (χ2v) is 14.8. The zero-order chi connectivity index (χ0) is 38.1. The quantitative estimate of drug-likeness (QED) is 0.119. The van der Waals surface area contributed by atoms with E-state index in [2.05, 4.69) is 191 Å². The van der Waals surface area contributed by atoms with E-state index in [9.17, 15) is 0 Å². The molecule has 2 unspecified atom stereocenters. The monoisotopic (exact) mass is 737 g/mol. The number of nitrogens with two attached hydrogens (primary N) is 1. The van der Waals surface area contributed by atoms with Crippen molar-refractivity contribution >= 4 is 56.1 Å². The Balaban J connectivity index is 1.000. The van der Waals surface area contributed by atoms with Crippen molar-refractivity contribution in [2.45, 2.75) is 18.8 Å². The Bertz CT molecular complexity index is 2770. The third kappa shape index (κ3) is 6.48. The summed E-state index contributed by atoms with van der Waals surface area (Å²) in [7, 11) is 0. The van der Waals surface area contributed by atoms with Gasteiger partial charge in [-0.3, -0.25) is 0 Å². The van der Waals surface area contributed by atoms with E-state index >= 15 is 0 Å². The first-order valence-corrected chi connectivity index (χ1v) is 19.7. The third-order valence-electron chi connectivity index (χ3n) is 11.3. The predicted molar refractivity (Wildman–Crippen MR) is 240 cm³/mol. The first-order chi connectivity index (χ1) is 28.2. The van der Waals surface area contributed by atoms with Crippen molar-refractivity contribution in [3.63, 3.8) is 0 Å². The Morgan fingerprint density at radius 2 is 1.30 bits per heavy atom. The summed E-state index contributed by atoms with van der Waals surface area (Å²) in [5, 5.41) is 16.3. The van der Waals surface area contributed by atoms with Crippen LogP contribution in [-0.4, -0.2) is 6.54 Å². The number of benzene rings is 8. The van der Waals surface area contributed by atoms with E-state index in [0.717, 1.165) is 40.2 Å². The standard InChI is InChI=1S/C52H43N5/c53-46(39-16-5-2-6-17-39)33-47(55-34-35-13-3-1-4-14-35)40-28-24-36(25-29-40)37-26-30-41(31-27-37)52-56-50-44-21-10-9-20-43(44)49-45(22-12-32-54-49)51(50)57(52)48-23-11-18-38-15-7-8-19-42(38)48/h1-31,33,46,52,54-56H,32,34,53H2/b47-33-. The minimum absolute atomic E-state index is 0.121. The van der Waals surface area contributed by atoms with Crippen molar-refractivity contribution in [2.24, 2.45) is 5.73 Å². The summed E-state index contributed by atoms with van der Waals surface area (Å²) in [6.07, 6.45) is 6.52. The van der Waals surface area contributed by atoms with Crippen molar-refractivity contribution in [1.29, 1.82) is 0 Å². The Kier molecular flexibility index (Phi) is 8.98. The lowest BCUT2D eigenvalue weighted by Gasteiger charge is -2.30. The second-order valence-electron chi connectivity index (χ2n) is 14.8. The van der Waals surface area contributed by atoms with Gasteiger partial charge in [0, 0.05) is 40.5 Å². The maximum absolute atomic E-state index is 6.72. The van der Waals surface area contributed by atoms with E-state index in [1.165, 1.54) is 55.3 Å². The average Bonchev–Trinajstić information content (AvgIpc) is 3.69. The molecule has 2 aliphatic heterocycles.